The minimum atomic E-state index is -0.369. The molecule has 3 rings (SSSR count). The molecule has 0 spiro atoms. The minimum Gasteiger partial charge on any atom is -0.497 e. The van der Waals surface area contributed by atoms with Crippen LogP contribution in [0.5, 0.6) is 11.5 Å². The lowest BCUT2D eigenvalue weighted by atomic mass is 10.1. The Morgan fingerprint density at radius 2 is 1.87 bits per heavy atom. The molecular weight excluding hydrogens is 416 g/mol. The van der Waals surface area contributed by atoms with Crippen LogP contribution in [-0.4, -0.2) is 48.8 Å². The standard InChI is InChI=1S/C23H24N2O5S/c1-15-4-5-16(2)19(12-15)30-14-21(26)24-10-11-25-22(27)20(31-23(25)28)13-17-6-8-18(29-3)9-7-17/h4-9,12-13H,10-11,14H2,1-3H3,(H,24,26). The van der Waals surface area contributed by atoms with Crippen molar-refractivity contribution in [3.63, 3.8) is 0 Å². The Balaban J connectivity index is 1.49. The van der Waals surface area contributed by atoms with Gasteiger partial charge in [0.25, 0.3) is 17.1 Å². The van der Waals surface area contributed by atoms with Gasteiger partial charge in [-0.2, -0.15) is 0 Å². The van der Waals surface area contributed by atoms with Crippen molar-refractivity contribution in [1.29, 1.82) is 0 Å². The van der Waals surface area contributed by atoms with Crippen molar-refractivity contribution in [3.05, 3.63) is 64.1 Å². The molecular formula is C23H24N2O5S. The van der Waals surface area contributed by atoms with Crippen LogP contribution in [0.25, 0.3) is 6.08 Å². The Kier molecular flexibility index (Phi) is 7.36. The van der Waals surface area contributed by atoms with Crippen LogP contribution in [-0.2, 0) is 9.59 Å². The van der Waals surface area contributed by atoms with Gasteiger partial charge in [0, 0.05) is 13.1 Å². The van der Waals surface area contributed by atoms with Gasteiger partial charge >= 0.3 is 0 Å². The Morgan fingerprint density at radius 3 is 2.58 bits per heavy atom. The summed E-state index contributed by atoms with van der Waals surface area (Å²) in [5.41, 5.74) is 2.78. The topological polar surface area (TPSA) is 84.9 Å². The molecule has 0 aromatic heterocycles. The second kappa shape index (κ2) is 10.2. The van der Waals surface area contributed by atoms with E-state index in [0.717, 1.165) is 33.4 Å². The van der Waals surface area contributed by atoms with E-state index in [1.54, 1.807) is 25.3 Å². The third-order valence-corrected chi connectivity index (χ3v) is 5.55. The lowest BCUT2D eigenvalue weighted by Crippen LogP contribution is -2.38. The summed E-state index contributed by atoms with van der Waals surface area (Å²) in [6.45, 7) is 3.98. The van der Waals surface area contributed by atoms with E-state index >= 15 is 0 Å². The van der Waals surface area contributed by atoms with Crippen molar-refractivity contribution in [2.24, 2.45) is 0 Å². The smallest absolute Gasteiger partial charge is 0.293 e. The maximum atomic E-state index is 12.6. The number of hydrogen-bond donors (Lipinski definition) is 1. The number of amides is 3. The predicted octanol–water partition coefficient (Wildman–Crippen LogP) is 3.54. The van der Waals surface area contributed by atoms with E-state index in [4.69, 9.17) is 9.47 Å². The van der Waals surface area contributed by atoms with Gasteiger partial charge in [-0.05, 0) is 66.6 Å². The van der Waals surface area contributed by atoms with Gasteiger partial charge in [-0.15, -0.1) is 0 Å². The van der Waals surface area contributed by atoms with Gasteiger partial charge < -0.3 is 14.8 Å². The van der Waals surface area contributed by atoms with Gasteiger partial charge in [0.05, 0.1) is 12.0 Å². The molecule has 3 amide bonds. The van der Waals surface area contributed by atoms with E-state index in [-0.39, 0.29) is 36.7 Å². The van der Waals surface area contributed by atoms with Gasteiger partial charge in [0.2, 0.25) is 0 Å². The summed E-state index contributed by atoms with van der Waals surface area (Å²) < 4.78 is 10.7. The largest absolute Gasteiger partial charge is 0.497 e. The van der Waals surface area contributed by atoms with E-state index in [9.17, 15) is 14.4 Å². The van der Waals surface area contributed by atoms with Crippen LogP contribution in [0.3, 0.4) is 0 Å². The zero-order chi connectivity index (χ0) is 22.4. The quantitative estimate of drug-likeness (QED) is 0.632. The Labute approximate surface area is 185 Å². The molecule has 8 heteroatoms. The first-order chi connectivity index (χ1) is 14.9. The molecule has 0 unspecified atom stereocenters. The molecule has 1 aliphatic heterocycles. The number of ether oxygens (including phenoxy) is 2. The number of benzene rings is 2. The number of carbonyl (C=O) groups is 3. The first-order valence-electron chi connectivity index (χ1n) is 9.73. The second-order valence-corrected chi connectivity index (χ2v) is 8.01. The summed E-state index contributed by atoms with van der Waals surface area (Å²) >= 11 is 0.886. The van der Waals surface area contributed by atoms with Crippen LogP contribution >= 0.6 is 11.8 Å². The SMILES string of the molecule is COc1ccc(C=C2SC(=O)N(CCNC(=O)COc3cc(C)ccc3C)C2=O)cc1. The zero-order valence-corrected chi connectivity index (χ0v) is 18.5. The van der Waals surface area contributed by atoms with Crippen molar-refractivity contribution in [3.8, 4) is 11.5 Å². The van der Waals surface area contributed by atoms with Crippen LogP contribution in [0.4, 0.5) is 4.79 Å². The second-order valence-electron chi connectivity index (χ2n) is 7.01. The number of aryl methyl sites for hydroxylation is 2. The Bertz CT molecular complexity index is 1020. The zero-order valence-electron chi connectivity index (χ0n) is 17.6. The Hall–Kier alpha value is -3.26. The van der Waals surface area contributed by atoms with Crippen molar-refractivity contribution in [2.75, 3.05) is 26.8 Å². The fourth-order valence-electron chi connectivity index (χ4n) is 2.91. The number of nitrogens with one attached hydrogen (secondary N) is 1. The highest BCUT2D eigenvalue weighted by Crippen LogP contribution is 2.32. The maximum Gasteiger partial charge on any atom is 0.293 e. The fraction of sp³-hybridized carbons (Fsp3) is 0.261. The van der Waals surface area contributed by atoms with Crippen LogP contribution < -0.4 is 14.8 Å². The third-order valence-electron chi connectivity index (χ3n) is 4.65. The third kappa shape index (κ3) is 5.88. The van der Waals surface area contributed by atoms with Crippen molar-refractivity contribution < 1.29 is 23.9 Å². The van der Waals surface area contributed by atoms with E-state index in [1.165, 1.54) is 0 Å². The average Bonchev–Trinajstić information content (AvgIpc) is 3.02. The van der Waals surface area contributed by atoms with E-state index in [1.807, 2.05) is 44.2 Å². The molecule has 1 saturated heterocycles. The first-order valence-corrected chi connectivity index (χ1v) is 10.5. The molecule has 162 valence electrons. The number of imide groups is 1. The molecule has 2 aromatic rings. The highest BCUT2D eigenvalue weighted by atomic mass is 32.2. The molecule has 1 heterocycles. The number of rotatable bonds is 8. The van der Waals surface area contributed by atoms with Crippen molar-refractivity contribution in [2.45, 2.75) is 13.8 Å². The number of thioether (sulfide) groups is 1. The van der Waals surface area contributed by atoms with Crippen LogP contribution in [0, 0.1) is 13.8 Å². The van der Waals surface area contributed by atoms with E-state index in [2.05, 4.69) is 5.32 Å². The highest BCUT2D eigenvalue weighted by molar-refractivity contribution is 8.18. The molecule has 7 nitrogen and oxygen atoms in total. The number of nitrogens with zero attached hydrogens (tertiary/aromatic N) is 1. The minimum absolute atomic E-state index is 0.0971. The van der Waals surface area contributed by atoms with Crippen molar-refractivity contribution in [1.82, 2.24) is 10.2 Å². The number of carbonyl (C=O) groups excluding carboxylic acids is 3. The first kappa shape index (κ1) is 22.4. The molecule has 0 bridgehead atoms. The lowest BCUT2D eigenvalue weighted by Gasteiger charge is -2.14. The molecule has 0 saturated carbocycles. The molecule has 31 heavy (non-hydrogen) atoms. The van der Waals surface area contributed by atoms with Crippen LogP contribution in [0.15, 0.2) is 47.4 Å². The van der Waals surface area contributed by atoms with E-state index < -0.39 is 0 Å². The molecule has 2 aromatic carbocycles. The predicted molar refractivity (Wildman–Crippen MR) is 120 cm³/mol. The van der Waals surface area contributed by atoms with Crippen molar-refractivity contribution >= 4 is 34.9 Å². The molecule has 0 radical (unpaired) electrons. The fourth-order valence-corrected chi connectivity index (χ4v) is 3.77. The van der Waals surface area contributed by atoms with Crippen LogP contribution in [0.1, 0.15) is 16.7 Å². The molecule has 1 N–H and O–H groups in total. The number of hydrogen-bond acceptors (Lipinski definition) is 6. The van der Waals surface area contributed by atoms with Gasteiger partial charge in [-0.1, -0.05) is 24.3 Å². The Morgan fingerprint density at radius 1 is 1.13 bits per heavy atom. The summed E-state index contributed by atoms with van der Waals surface area (Å²) in [6, 6.07) is 13.0. The summed E-state index contributed by atoms with van der Waals surface area (Å²) in [6.07, 6.45) is 1.67. The van der Waals surface area contributed by atoms with Gasteiger partial charge in [-0.3, -0.25) is 19.3 Å². The maximum absolute atomic E-state index is 12.6. The average molecular weight is 441 g/mol. The summed E-state index contributed by atoms with van der Waals surface area (Å²) in [7, 11) is 1.58. The summed E-state index contributed by atoms with van der Waals surface area (Å²) in [4.78, 5) is 38.3. The molecule has 1 fully saturated rings. The van der Waals surface area contributed by atoms with Crippen LogP contribution in [0.2, 0.25) is 0 Å². The summed E-state index contributed by atoms with van der Waals surface area (Å²) in [5, 5.41) is 2.32. The normalized spacial score (nSPS) is 14.8. The summed E-state index contributed by atoms with van der Waals surface area (Å²) in [5.74, 6) is 0.681. The molecule has 1 aliphatic rings. The molecule has 0 aliphatic carbocycles. The van der Waals surface area contributed by atoms with Gasteiger partial charge in [0.15, 0.2) is 6.61 Å². The van der Waals surface area contributed by atoms with Gasteiger partial charge in [0.1, 0.15) is 11.5 Å². The monoisotopic (exact) mass is 440 g/mol. The number of methoxy groups -OCH3 is 1. The lowest BCUT2D eigenvalue weighted by molar-refractivity contribution is -0.125. The van der Waals surface area contributed by atoms with Gasteiger partial charge in [-0.25, -0.2) is 0 Å². The highest BCUT2D eigenvalue weighted by Gasteiger charge is 2.34. The molecule has 0 atom stereocenters. The van der Waals surface area contributed by atoms with E-state index in [0.29, 0.717) is 16.4 Å².